The first kappa shape index (κ1) is 12.0. The number of ether oxygens (including phenoxy) is 2. The van der Waals surface area contributed by atoms with E-state index in [1.54, 1.807) is 12.4 Å². The highest BCUT2D eigenvalue weighted by atomic mass is 127. The molecule has 0 spiro atoms. The average molecular weight is 333 g/mol. The van der Waals surface area contributed by atoms with Gasteiger partial charge in [-0.05, 0) is 56.2 Å². The Labute approximate surface area is 110 Å². The van der Waals surface area contributed by atoms with Gasteiger partial charge >= 0.3 is 0 Å². The highest BCUT2D eigenvalue weighted by molar-refractivity contribution is 14.1. The first-order chi connectivity index (χ1) is 7.46. The van der Waals surface area contributed by atoms with E-state index in [0.717, 1.165) is 27.9 Å². The zero-order valence-electron chi connectivity index (χ0n) is 9.79. The molecule has 1 aliphatic rings. The molecule has 0 N–H and O–H groups in total. The lowest BCUT2D eigenvalue weighted by Gasteiger charge is -2.23. The van der Waals surface area contributed by atoms with Crippen LogP contribution < -0.4 is 9.47 Å². The summed E-state index contributed by atoms with van der Waals surface area (Å²) in [6.45, 7) is 6.06. The zero-order valence-corrected chi connectivity index (χ0v) is 11.9. The fourth-order valence-corrected chi connectivity index (χ4v) is 1.83. The Morgan fingerprint density at radius 1 is 1.31 bits per heavy atom. The second-order valence-electron chi connectivity index (χ2n) is 4.98. The van der Waals surface area contributed by atoms with Crippen LogP contribution >= 0.6 is 22.6 Å². The van der Waals surface area contributed by atoms with Crippen molar-refractivity contribution in [3.8, 4) is 11.5 Å². The van der Waals surface area contributed by atoms with Crippen LogP contribution in [0.4, 0.5) is 0 Å². The van der Waals surface area contributed by atoms with Gasteiger partial charge in [0.2, 0.25) is 0 Å². The first-order valence-electron chi connectivity index (χ1n) is 5.45. The van der Waals surface area contributed by atoms with Crippen molar-refractivity contribution in [3.05, 3.63) is 16.0 Å². The van der Waals surface area contributed by atoms with E-state index in [1.165, 1.54) is 0 Å². The Balaban J connectivity index is 2.24. The molecular weight excluding hydrogens is 317 g/mol. The molecule has 16 heavy (non-hydrogen) atoms. The molecule has 0 aromatic carbocycles. The summed E-state index contributed by atoms with van der Waals surface area (Å²) in [5.74, 6) is 1.58. The van der Waals surface area contributed by atoms with Crippen LogP contribution in [-0.4, -0.2) is 16.7 Å². The molecule has 1 saturated carbocycles. The van der Waals surface area contributed by atoms with E-state index in [2.05, 4.69) is 27.6 Å². The monoisotopic (exact) mass is 333 g/mol. The molecule has 1 aromatic heterocycles. The number of aromatic nitrogens is 1. The molecule has 1 aliphatic carbocycles. The maximum Gasteiger partial charge on any atom is 0.181 e. The van der Waals surface area contributed by atoms with Crippen molar-refractivity contribution in [1.82, 2.24) is 4.98 Å². The van der Waals surface area contributed by atoms with E-state index >= 15 is 0 Å². The summed E-state index contributed by atoms with van der Waals surface area (Å²) >= 11 is 2.23. The fraction of sp³-hybridized carbons (Fsp3) is 0.583. The van der Waals surface area contributed by atoms with Gasteiger partial charge in [0.25, 0.3) is 0 Å². The summed E-state index contributed by atoms with van der Waals surface area (Å²) in [7, 11) is 0. The SMILES string of the molecule is CC(C)(C)Oc1cncc(I)c1OC1CC1. The Kier molecular flexibility index (Phi) is 3.28. The topological polar surface area (TPSA) is 31.4 Å². The lowest BCUT2D eigenvalue weighted by molar-refractivity contribution is 0.121. The highest BCUT2D eigenvalue weighted by Crippen LogP contribution is 2.37. The Morgan fingerprint density at radius 3 is 2.56 bits per heavy atom. The van der Waals surface area contributed by atoms with Gasteiger partial charge in [0.15, 0.2) is 11.5 Å². The number of hydrogen-bond donors (Lipinski definition) is 0. The van der Waals surface area contributed by atoms with E-state index in [4.69, 9.17) is 9.47 Å². The quantitative estimate of drug-likeness (QED) is 0.795. The predicted octanol–water partition coefficient (Wildman–Crippen LogP) is 3.40. The molecule has 0 amide bonds. The Hall–Kier alpha value is -0.520. The average Bonchev–Trinajstić information content (AvgIpc) is 2.92. The minimum Gasteiger partial charge on any atom is -0.485 e. The van der Waals surface area contributed by atoms with Gasteiger partial charge in [0, 0.05) is 6.20 Å². The van der Waals surface area contributed by atoms with Gasteiger partial charge in [-0.2, -0.15) is 0 Å². The van der Waals surface area contributed by atoms with Gasteiger partial charge in [0.05, 0.1) is 15.9 Å². The minimum atomic E-state index is -0.228. The Morgan fingerprint density at radius 2 is 2.00 bits per heavy atom. The number of pyridine rings is 1. The number of nitrogens with zero attached hydrogens (tertiary/aromatic N) is 1. The molecule has 0 aliphatic heterocycles. The van der Waals surface area contributed by atoms with Crippen LogP contribution in [0.15, 0.2) is 12.4 Å². The molecule has 1 fully saturated rings. The van der Waals surface area contributed by atoms with Crippen LogP contribution in [0.2, 0.25) is 0 Å². The van der Waals surface area contributed by atoms with Crippen molar-refractivity contribution in [2.75, 3.05) is 0 Å². The normalized spacial score (nSPS) is 16.0. The minimum absolute atomic E-state index is 0.228. The smallest absolute Gasteiger partial charge is 0.181 e. The highest BCUT2D eigenvalue weighted by Gasteiger charge is 2.27. The molecule has 0 radical (unpaired) electrons. The van der Waals surface area contributed by atoms with Gasteiger partial charge in [-0.3, -0.25) is 4.98 Å². The summed E-state index contributed by atoms with van der Waals surface area (Å²) < 4.78 is 12.7. The summed E-state index contributed by atoms with van der Waals surface area (Å²) in [6, 6.07) is 0. The van der Waals surface area contributed by atoms with Gasteiger partial charge in [-0.15, -0.1) is 0 Å². The van der Waals surface area contributed by atoms with E-state index in [-0.39, 0.29) is 5.60 Å². The predicted molar refractivity (Wildman–Crippen MR) is 71.0 cm³/mol. The largest absolute Gasteiger partial charge is 0.485 e. The summed E-state index contributed by atoms with van der Waals surface area (Å²) in [6.07, 6.45) is 6.19. The molecule has 0 unspecified atom stereocenters. The van der Waals surface area contributed by atoms with Crippen LogP contribution in [0.3, 0.4) is 0 Å². The third-order valence-corrected chi connectivity index (χ3v) is 2.81. The molecule has 0 atom stereocenters. The maximum absolute atomic E-state index is 5.86. The standard InChI is InChI=1S/C12H16INO2/c1-12(2,3)16-10-7-14-6-9(13)11(10)15-8-4-5-8/h6-8H,4-5H2,1-3H3. The number of halogens is 1. The lowest BCUT2D eigenvalue weighted by Crippen LogP contribution is -2.23. The molecule has 1 heterocycles. The third-order valence-electron chi connectivity index (χ3n) is 2.05. The van der Waals surface area contributed by atoms with Crippen molar-refractivity contribution < 1.29 is 9.47 Å². The van der Waals surface area contributed by atoms with E-state index in [0.29, 0.717) is 6.10 Å². The summed E-state index contributed by atoms with van der Waals surface area (Å²) in [4.78, 5) is 4.14. The van der Waals surface area contributed by atoms with Gasteiger partial charge in [0.1, 0.15) is 5.60 Å². The molecule has 2 rings (SSSR count). The number of hydrogen-bond acceptors (Lipinski definition) is 3. The van der Waals surface area contributed by atoms with Crippen LogP contribution in [0, 0.1) is 3.57 Å². The van der Waals surface area contributed by atoms with Gasteiger partial charge < -0.3 is 9.47 Å². The van der Waals surface area contributed by atoms with Crippen molar-refractivity contribution in [3.63, 3.8) is 0 Å². The fourth-order valence-electron chi connectivity index (χ4n) is 1.27. The van der Waals surface area contributed by atoms with Crippen molar-refractivity contribution in [1.29, 1.82) is 0 Å². The van der Waals surface area contributed by atoms with E-state index in [9.17, 15) is 0 Å². The number of rotatable bonds is 3. The first-order valence-corrected chi connectivity index (χ1v) is 6.53. The van der Waals surface area contributed by atoms with Crippen LogP contribution in [0.1, 0.15) is 33.6 Å². The van der Waals surface area contributed by atoms with Crippen LogP contribution in [0.25, 0.3) is 0 Å². The molecule has 88 valence electrons. The van der Waals surface area contributed by atoms with Crippen molar-refractivity contribution >= 4 is 22.6 Å². The third kappa shape index (κ3) is 3.23. The molecule has 4 heteroatoms. The molecule has 0 bridgehead atoms. The van der Waals surface area contributed by atoms with Crippen LogP contribution in [0.5, 0.6) is 11.5 Å². The molecule has 0 saturated heterocycles. The summed E-state index contributed by atoms with van der Waals surface area (Å²) in [5, 5.41) is 0. The Bertz CT molecular complexity index is 383. The van der Waals surface area contributed by atoms with E-state index in [1.807, 2.05) is 20.8 Å². The molecule has 1 aromatic rings. The second-order valence-corrected chi connectivity index (χ2v) is 6.14. The second kappa shape index (κ2) is 4.39. The van der Waals surface area contributed by atoms with Gasteiger partial charge in [-0.25, -0.2) is 0 Å². The van der Waals surface area contributed by atoms with Gasteiger partial charge in [-0.1, -0.05) is 0 Å². The zero-order chi connectivity index (χ0) is 11.8. The molecular formula is C12H16INO2. The lowest BCUT2D eigenvalue weighted by atomic mass is 10.2. The maximum atomic E-state index is 5.86. The summed E-state index contributed by atoms with van der Waals surface area (Å²) in [5.41, 5.74) is -0.228. The van der Waals surface area contributed by atoms with Crippen molar-refractivity contribution in [2.24, 2.45) is 0 Å². The molecule has 3 nitrogen and oxygen atoms in total. The van der Waals surface area contributed by atoms with Crippen molar-refractivity contribution in [2.45, 2.75) is 45.3 Å². The van der Waals surface area contributed by atoms with E-state index < -0.39 is 0 Å². The van der Waals surface area contributed by atoms with Crippen LogP contribution in [-0.2, 0) is 0 Å².